The van der Waals surface area contributed by atoms with Gasteiger partial charge in [-0.05, 0) is 66.1 Å². The third-order valence-corrected chi connectivity index (χ3v) is 7.74. The maximum absolute atomic E-state index is 5.17. The highest BCUT2D eigenvalue weighted by Gasteiger charge is 2.18. The Labute approximate surface area is 220 Å². The average Bonchev–Trinajstić information content (AvgIpc) is 3.48. The molecule has 0 atom stereocenters. The van der Waals surface area contributed by atoms with E-state index in [0.717, 1.165) is 22.5 Å². The van der Waals surface area contributed by atoms with Gasteiger partial charge in [-0.2, -0.15) is 0 Å². The summed E-state index contributed by atoms with van der Waals surface area (Å²) in [5.41, 5.74) is 11.7. The first kappa shape index (κ1) is 21.2. The molecule has 0 aliphatic carbocycles. The Morgan fingerprint density at radius 3 is 1.82 bits per heavy atom. The van der Waals surface area contributed by atoms with E-state index in [1.165, 1.54) is 54.8 Å². The number of aromatic nitrogens is 2. The number of benzene rings is 5. The Bertz CT molecular complexity index is 2060. The van der Waals surface area contributed by atoms with Gasteiger partial charge in [-0.15, -0.1) is 0 Å². The molecule has 0 amide bonds. The van der Waals surface area contributed by atoms with Crippen LogP contribution in [0.1, 0.15) is 5.56 Å². The van der Waals surface area contributed by atoms with E-state index in [4.69, 9.17) is 4.98 Å². The summed E-state index contributed by atoms with van der Waals surface area (Å²) in [4.78, 5) is 5.17. The molecule has 0 unspecified atom stereocenters. The van der Waals surface area contributed by atoms with Gasteiger partial charge in [0.25, 0.3) is 0 Å². The summed E-state index contributed by atoms with van der Waals surface area (Å²) in [6.45, 7) is 2.20. The number of rotatable bonds is 3. The molecule has 3 heterocycles. The third kappa shape index (κ3) is 3.10. The molecule has 0 aliphatic rings. The van der Waals surface area contributed by atoms with Crippen LogP contribution in [0.5, 0.6) is 0 Å². The van der Waals surface area contributed by atoms with Crippen LogP contribution in [0, 0.1) is 6.92 Å². The summed E-state index contributed by atoms with van der Waals surface area (Å²) in [5.74, 6) is 0. The second-order valence-corrected chi connectivity index (χ2v) is 10.2. The van der Waals surface area contributed by atoms with Gasteiger partial charge in [-0.25, -0.2) is 4.98 Å². The van der Waals surface area contributed by atoms with Gasteiger partial charge >= 0.3 is 0 Å². The highest BCUT2D eigenvalue weighted by atomic mass is 14.9. The monoisotopic (exact) mass is 484 g/mol. The van der Waals surface area contributed by atoms with Crippen molar-refractivity contribution >= 4 is 38.1 Å². The second-order valence-electron chi connectivity index (χ2n) is 10.2. The third-order valence-electron chi connectivity index (χ3n) is 7.74. The van der Waals surface area contributed by atoms with Crippen LogP contribution in [0.15, 0.2) is 127 Å². The zero-order valence-corrected chi connectivity index (χ0v) is 21.0. The summed E-state index contributed by atoms with van der Waals surface area (Å²) in [6, 6.07) is 45.7. The molecule has 38 heavy (non-hydrogen) atoms. The zero-order chi connectivity index (χ0) is 25.2. The van der Waals surface area contributed by atoms with Crippen molar-refractivity contribution < 1.29 is 0 Å². The molecule has 0 bridgehead atoms. The average molecular weight is 485 g/mol. The lowest BCUT2D eigenvalue weighted by molar-refractivity contribution is 1.32. The van der Waals surface area contributed by atoms with Gasteiger partial charge in [-0.3, -0.25) is 0 Å². The number of pyridine rings is 1. The minimum Gasteiger partial charge on any atom is -0.308 e. The van der Waals surface area contributed by atoms with Gasteiger partial charge in [0.15, 0.2) is 0 Å². The van der Waals surface area contributed by atoms with E-state index in [-0.39, 0.29) is 0 Å². The van der Waals surface area contributed by atoms with Crippen molar-refractivity contribution in [3.8, 4) is 33.6 Å². The fourth-order valence-electron chi connectivity index (χ4n) is 6.04. The number of fused-ring (bicyclic) bond motifs is 6. The summed E-state index contributed by atoms with van der Waals surface area (Å²) >= 11 is 0. The topological polar surface area (TPSA) is 17.3 Å². The Kier molecular flexibility index (Phi) is 4.47. The lowest BCUT2D eigenvalue weighted by atomic mass is 9.99. The van der Waals surface area contributed by atoms with Crippen molar-refractivity contribution in [2.45, 2.75) is 6.92 Å². The van der Waals surface area contributed by atoms with Crippen LogP contribution in [-0.4, -0.2) is 9.38 Å². The van der Waals surface area contributed by atoms with Crippen LogP contribution >= 0.6 is 0 Å². The minimum absolute atomic E-state index is 0.984. The normalized spacial score (nSPS) is 11.8. The molecule has 8 rings (SSSR count). The minimum atomic E-state index is 0.984. The van der Waals surface area contributed by atoms with Gasteiger partial charge in [0.05, 0.1) is 27.9 Å². The van der Waals surface area contributed by atoms with E-state index in [1.807, 2.05) is 6.07 Å². The summed E-state index contributed by atoms with van der Waals surface area (Å²) in [6.07, 6.45) is 0. The van der Waals surface area contributed by atoms with E-state index in [9.17, 15) is 0 Å². The molecule has 0 saturated carbocycles. The summed E-state index contributed by atoms with van der Waals surface area (Å²) in [7, 11) is 0. The Morgan fingerprint density at radius 1 is 0.447 bits per heavy atom. The number of nitrogens with zero attached hydrogens (tertiary/aromatic N) is 2. The SMILES string of the molecule is Cc1cc2c3ccccc3n3c4ccc(-c5cc(-c6ccccc6)cc(-c6ccccc6)n5)cc4c(c1)c23. The zero-order valence-electron chi connectivity index (χ0n) is 21.0. The van der Waals surface area contributed by atoms with E-state index >= 15 is 0 Å². The fourth-order valence-corrected chi connectivity index (χ4v) is 6.04. The lowest BCUT2D eigenvalue weighted by Gasteiger charge is -2.11. The molecule has 5 aromatic carbocycles. The number of aryl methyl sites for hydroxylation is 1. The molecular formula is C36H24N2. The van der Waals surface area contributed by atoms with Crippen molar-refractivity contribution in [1.29, 1.82) is 0 Å². The largest absolute Gasteiger partial charge is 0.308 e. The van der Waals surface area contributed by atoms with E-state index < -0.39 is 0 Å². The van der Waals surface area contributed by atoms with Crippen LogP contribution < -0.4 is 0 Å². The molecule has 0 fully saturated rings. The Morgan fingerprint density at radius 2 is 1.05 bits per heavy atom. The van der Waals surface area contributed by atoms with Crippen LogP contribution in [0.25, 0.3) is 71.7 Å². The molecule has 0 aliphatic heterocycles. The molecule has 2 heteroatoms. The fraction of sp³-hybridized carbons (Fsp3) is 0.0278. The maximum Gasteiger partial charge on any atom is 0.0715 e. The molecular weight excluding hydrogens is 460 g/mol. The van der Waals surface area contributed by atoms with E-state index in [0.29, 0.717) is 0 Å². The molecule has 3 aromatic heterocycles. The van der Waals surface area contributed by atoms with Crippen LogP contribution in [0.3, 0.4) is 0 Å². The highest BCUT2D eigenvalue weighted by molar-refractivity contribution is 6.23. The highest BCUT2D eigenvalue weighted by Crippen LogP contribution is 2.41. The first-order valence-electron chi connectivity index (χ1n) is 13.1. The van der Waals surface area contributed by atoms with Gasteiger partial charge in [0.2, 0.25) is 0 Å². The predicted molar refractivity (Wildman–Crippen MR) is 160 cm³/mol. The van der Waals surface area contributed by atoms with Crippen LogP contribution in [0.4, 0.5) is 0 Å². The van der Waals surface area contributed by atoms with Crippen LogP contribution in [-0.2, 0) is 0 Å². The first-order valence-corrected chi connectivity index (χ1v) is 13.1. The van der Waals surface area contributed by atoms with E-state index in [1.54, 1.807) is 0 Å². The van der Waals surface area contributed by atoms with Crippen LogP contribution in [0.2, 0.25) is 0 Å². The summed E-state index contributed by atoms with van der Waals surface area (Å²) in [5, 5.41) is 5.21. The lowest BCUT2D eigenvalue weighted by Crippen LogP contribution is -1.91. The van der Waals surface area contributed by atoms with Gasteiger partial charge < -0.3 is 4.40 Å². The molecule has 8 aromatic rings. The first-order chi connectivity index (χ1) is 18.7. The number of para-hydroxylation sites is 1. The molecule has 0 N–H and O–H groups in total. The second kappa shape index (κ2) is 8.03. The molecule has 178 valence electrons. The van der Waals surface area contributed by atoms with Crippen molar-refractivity contribution in [2.24, 2.45) is 0 Å². The molecule has 0 saturated heterocycles. The molecule has 2 nitrogen and oxygen atoms in total. The van der Waals surface area contributed by atoms with Gasteiger partial charge in [0, 0.05) is 32.7 Å². The quantitative estimate of drug-likeness (QED) is 0.244. The standard InChI is InChI=1S/C36H24N2/c1-23-18-30-28-14-8-9-15-34(28)38-35-17-16-26(20-29(35)31(19-23)36(30)38)33-22-27(24-10-4-2-5-11-24)21-32(37-33)25-12-6-3-7-13-25/h2-22H,1H3. The van der Waals surface area contributed by atoms with Crippen molar-refractivity contribution in [3.05, 3.63) is 133 Å². The molecule has 0 spiro atoms. The predicted octanol–water partition coefficient (Wildman–Crippen LogP) is 9.54. The van der Waals surface area contributed by atoms with E-state index in [2.05, 4.69) is 133 Å². The van der Waals surface area contributed by atoms with Crippen molar-refractivity contribution in [2.75, 3.05) is 0 Å². The van der Waals surface area contributed by atoms with Crippen molar-refractivity contribution in [1.82, 2.24) is 9.38 Å². The van der Waals surface area contributed by atoms with Crippen molar-refractivity contribution in [3.63, 3.8) is 0 Å². The number of hydrogen-bond acceptors (Lipinski definition) is 1. The molecule has 0 radical (unpaired) electrons. The smallest absolute Gasteiger partial charge is 0.0715 e. The maximum atomic E-state index is 5.17. The summed E-state index contributed by atoms with van der Waals surface area (Å²) < 4.78 is 2.43. The van der Waals surface area contributed by atoms with Gasteiger partial charge in [-0.1, -0.05) is 84.9 Å². The van der Waals surface area contributed by atoms with Gasteiger partial charge in [0.1, 0.15) is 0 Å². The number of hydrogen-bond donors (Lipinski definition) is 0. The Hall–Kier alpha value is -4.95. The Balaban J connectivity index is 1.41.